The van der Waals surface area contributed by atoms with E-state index < -0.39 is 10.0 Å². The van der Waals surface area contributed by atoms with E-state index in [0.717, 1.165) is 10.2 Å². The van der Waals surface area contributed by atoms with Gasteiger partial charge < -0.3 is 9.80 Å². The van der Waals surface area contributed by atoms with E-state index in [1.807, 2.05) is 12.1 Å². The molecule has 1 aromatic carbocycles. The zero-order valence-electron chi connectivity index (χ0n) is 15.3. The van der Waals surface area contributed by atoms with E-state index in [2.05, 4.69) is 9.88 Å². The molecule has 1 aliphatic heterocycles. The molecule has 0 aliphatic carbocycles. The number of anilines is 1. The van der Waals surface area contributed by atoms with Crippen molar-refractivity contribution in [3.05, 3.63) is 54.4 Å². The normalized spacial score (nSPS) is 15.2. The van der Waals surface area contributed by atoms with Crippen LogP contribution in [-0.4, -0.2) is 69.0 Å². The Morgan fingerprint density at radius 1 is 1.11 bits per heavy atom. The second kappa shape index (κ2) is 8.03. The second-order valence-corrected chi connectivity index (χ2v) is 8.05. The van der Waals surface area contributed by atoms with Crippen molar-refractivity contribution in [2.45, 2.75) is 4.90 Å². The molecule has 1 amide bonds. The van der Waals surface area contributed by atoms with E-state index in [4.69, 9.17) is 4.84 Å². The maximum atomic E-state index is 12.8. The highest BCUT2D eigenvalue weighted by Crippen LogP contribution is 2.19. The van der Waals surface area contributed by atoms with E-state index >= 15 is 0 Å². The van der Waals surface area contributed by atoms with Crippen LogP contribution in [0.25, 0.3) is 0 Å². The number of aromatic nitrogens is 1. The van der Waals surface area contributed by atoms with Gasteiger partial charge in [-0.2, -0.15) is 0 Å². The van der Waals surface area contributed by atoms with Crippen molar-refractivity contribution in [3.8, 4) is 0 Å². The predicted octanol–water partition coefficient (Wildman–Crippen LogP) is 1.23. The van der Waals surface area contributed by atoms with Crippen LogP contribution >= 0.6 is 0 Å². The summed E-state index contributed by atoms with van der Waals surface area (Å²) in [5, 5.41) is 0. The summed E-state index contributed by atoms with van der Waals surface area (Å²) in [7, 11) is -1.21. The molecule has 0 spiro atoms. The molecule has 0 N–H and O–H groups in total. The molecule has 1 aliphatic rings. The first-order chi connectivity index (χ1) is 12.9. The number of nitrogens with zero attached hydrogens (tertiary/aromatic N) is 4. The molecule has 0 saturated carbocycles. The summed E-state index contributed by atoms with van der Waals surface area (Å²) in [4.78, 5) is 25.6. The van der Waals surface area contributed by atoms with Crippen LogP contribution < -0.4 is 4.90 Å². The van der Waals surface area contributed by atoms with Gasteiger partial charge in [-0.3, -0.25) is 14.6 Å². The third kappa shape index (κ3) is 4.10. The number of rotatable bonds is 5. The molecule has 8 nitrogen and oxygen atoms in total. The lowest BCUT2D eigenvalue weighted by Gasteiger charge is -2.36. The number of piperazine rings is 1. The first kappa shape index (κ1) is 19.3. The zero-order chi connectivity index (χ0) is 19.4. The summed E-state index contributed by atoms with van der Waals surface area (Å²) in [6.07, 6.45) is 3.49. The van der Waals surface area contributed by atoms with Crippen LogP contribution in [0.3, 0.4) is 0 Å². The standard InChI is InChI=1S/C18H22N4O4S/c1-20(26-2)27(24,25)17-5-3-4-15(14-17)18(23)22-12-10-21(11-13-22)16-6-8-19-9-7-16/h3-9,14H,10-13H2,1-2H3. The van der Waals surface area contributed by atoms with Crippen LogP contribution in [0, 0.1) is 0 Å². The fraction of sp³-hybridized carbons (Fsp3) is 0.333. The van der Waals surface area contributed by atoms with E-state index in [9.17, 15) is 13.2 Å². The van der Waals surface area contributed by atoms with Crippen molar-refractivity contribution in [1.29, 1.82) is 0 Å². The third-order valence-electron chi connectivity index (χ3n) is 4.57. The minimum absolute atomic E-state index is 0.0214. The van der Waals surface area contributed by atoms with Gasteiger partial charge >= 0.3 is 0 Å². The van der Waals surface area contributed by atoms with Crippen molar-refractivity contribution >= 4 is 21.6 Å². The molecular formula is C18H22N4O4S. The van der Waals surface area contributed by atoms with Crippen LogP contribution in [-0.2, 0) is 14.9 Å². The van der Waals surface area contributed by atoms with Crippen LogP contribution in [0.2, 0.25) is 0 Å². The number of hydroxylamine groups is 1. The van der Waals surface area contributed by atoms with Crippen molar-refractivity contribution in [1.82, 2.24) is 14.4 Å². The highest BCUT2D eigenvalue weighted by atomic mass is 32.2. The van der Waals surface area contributed by atoms with Crippen LogP contribution in [0.1, 0.15) is 10.4 Å². The smallest absolute Gasteiger partial charge is 0.264 e. The Bertz CT molecular complexity index is 897. The largest absolute Gasteiger partial charge is 0.368 e. The lowest BCUT2D eigenvalue weighted by Crippen LogP contribution is -2.48. The Kier molecular flexibility index (Phi) is 5.73. The van der Waals surface area contributed by atoms with Crippen LogP contribution in [0.15, 0.2) is 53.7 Å². The summed E-state index contributed by atoms with van der Waals surface area (Å²) in [5.74, 6) is -0.179. The van der Waals surface area contributed by atoms with E-state index in [-0.39, 0.29) is 10.8 Å². The van der Waals surface area contributed by atoms with E-state index in [1.165, 1.54) is 26.3 Å². The molecule has 2 aromatic rings. The molecule has 1 fully saturated rings. The van der Waals surface area contributed by atoms with E-state index in [1.54, 1.807) is 29.4 Å². The van der Waals surface area contributed by atoms with Gasteiger partial charge in [0.25, 0.3) is 15.9 Å². The van der Waals surface area contributed by atoms with E-state index in [0.29, 0.717) is 31.7 Å². The summed E-state index contributed by atoms with van der Waals surface area (Å²) in [5.41, 5.74) is 1.42. The number of hydrogen-bond acceptors (Lipinski definition) is 6. The molecule has 0 atom stereocenters. The Morgan fingerprint density at radius 3 is 2.41 bits per heavy atom. The first-order valence-electron chi connectivity index (χ1n) is 8.51. The summed E-state index contributed by atoms with van der Waals surface area (Å²) in [6.45, 7) is 2.55. The highest BCUT2D eigenvalue weighted by molar-refractivity contribution is 7.89. The fourth-order valence-corrected chi connectivity index (χ4v) is 3.96. The van der Waals surface area contributed by atoms with Crippen molar-refractivity contribution in [2.75, 3.05) is 45.2 Å². The molecule has 27 heavy (non-hydrogen) atoms. The monoisotopic (exact) mass is 390 g/mol. The number of carbonyl (C=O) groups is 1. The molecular weight excluding hydrogens is 368 g/mol. The summed E-state index contributed by atoms with van der Waals surface area (Å²) >= 11 is 0. The molecule has 2 heterocycles. The molecule has 144 valence electrons. The van der Waals surface area contributed by atoms with Crippen LogP contribution in [0.4, 0.5) is 5.69 Å². The summed E-state index contributed by atoms with van der Waals surface area (Å²) < 4.78 is 25.5. The maximum absolute atomic E-state index is 12.8. The third-order valence-corrected chi connectivity index (χ3v) is 6.24. The summed E-state index contributed by atoms with van der Waals surface area (Å²) in [6, 6.07) is 9.92. The van der Waals surface area contributed by atoms with Gasteiger partial charge in [0.1, 0.15) is 0 Å². The molecule has 9 heteroatoms. The Hall–Kier alpha value is -2.49. The number of amides is 1. The van der Waals surface area contributed by atoms with Crippen LogP contribution in [0.5, 0.6) is 0 Å². The van der Waals surface area contributed by atoms with Gasteiger partial charge in [0.05, 0.1) is 12.0 Å². The minimum Gasteiger partial charge on any atom is -0.368 e. The predicted molar refractivity (Wildman–Crippen MR) is 101 cm³/mol. The second-order valence-electron chi connectivity index (χ2n) is 6.11. The molecule has 0 radical (unpaired) electrons. The maximum Gasteiger partial charge on any atom is 0.264 e. The van der Waals surface area contributed by atoms with Gasteiger partial charge in [0, 0.05) is 56.9 Å². The van der Waals surface area contributed by atoms with Crippen molar-refractivity contribution < 1.29 is 18.0 Å². The first-order valence-corrected chi connectivity index (χ1v) is 9.95. The number of carbonyl (C=O) groups excluding carboxylic acids is 1. The average molecular weight is 390 g/mol. The minimum atomic E-state index is -3.79. The van der Waals surface area contributed by atoms with Gasteiger partial charge in [-0.1, -0.05) is 10.5 Å². The van der Waals surface area contributed by atoms with Gasteiger partial charge in [-0.25, -0.2) is 8.42 Å². The highest BCUT2D eigenvalue weighted by Gasteiger charge is 2.25. The SMILES string of the molecule is CON(C)S(=O)(=O)c1cccc(C(=O)N2CCN(c3ccncc3)CC2)c1. The molecule has 1 saturated heterocycles. The molecule has 1 aromatic heterocycles. The number of pyridine rings is 1. The van der Waals surface area contributed by atoms with Gasteiger partial charge in [0.2, 0.25) is 0 Å². The van der Waals surface area contributed by atoms with Gasteiger partial charge in [-0.05, 0) is 30.3 Å². The lowest BCUT2D eigenvalue weighted by molar-refractivity contribution is -0.0258. The topological polar surface area (TPSA) is 83.0 Å². The average Bonchev–Trinajstić information content (AvgIpc) is 2.73. The fourth-order valence-electron chi connectivity index (χ4n) is 2.94. The van der Waals surface area contributed by atoms with Gasteiger partial charge in [-0.15, -0.1) is 0 Å². The van der Waals surface area contributed by atoms with Crippen molar-refractivity contribution in [3.63, 3.8) is 0 Å². The number of benzene rings is 1. The quantitative estimate of drug-likeness (QED) is 0.714. The Morgan fingerprint density at radius 2 is 1.78 bits per heavy atom. The number of sulfonamides is 1. The molecule has 0 unspecified atom stereocenters. The Labute approximate surface area is 159 Å². The zero-order valence-corrected chi connectivity index (χ0v) is 16.1. The lowest BCUT2D eigenvalue weighted by atomic mass is 10.1. The molecule has 3 rings (SSSR count). The Balaban J connectivity index is 1.71. The van der Waals surface area contributed by atoms with Crippen molar-refractivity contribution in [2.24, 2.45) is 0 Å². The number of hydrogen-bond donors (Lipinski definition) is 0. The van der Waals surface area contributed by atoms with Gasteiger partial charge in [0.15, 0.2) is 0 Å². The molecule has 0 bridgehead atoms.